The number of likely N-dealkylation sites (tertiary alicyclic amines) is 1. The Balaban J connectivity index is 1.46. The van der Waals surface area contributed by atoms with E-state index in [-0.39, 0.29) is 0 Å². The Labute approximate surface area is 240 Å². The van der Waals surface area contributed by atoms with E-state index in [0.29, 0.717) is 17.4 Å². The van der Waals surface area contributed by atoms with Gasteiger partial charge in [-0.25, -0.2) is 4.79 Å². The molecule has 3 aliphatic rings. The van der Waals surface area contributed by atoms with Gasteiger partial charge in [0, 0.05) is 54.9 Å². The van der Waals surface area contributed by atoms with Crippen molar-refractivity contribution >= 4 is 22.6 Å². The molecule has 1 N–H and O–H groups in total. The first-order valence-corrected chi connectivity index (χ1v) is 16.0. The summed E-state index contributed by atoms with van der Waals surface area (Å²) in [6, 6.07) is 13.0. The molecule has 1 saturated carbocycles. The summed E-state index contributed by atoms with van der Waals surface area (Å²) >= 11 is 0. The number of carbonyl (C=O) groups is 1. The molecule has 3 heterocycles. The number of aromatic carboxylic acids is 1. The second-order valence-corrected chi connectivity index (χ2v) is 12.9. The number of carboxylic acids is 1. The molecular weight excluding hydrogens is 494 g/mol. The number of rotatable bonds is 7. The molecule has 1 atom stereocenters. The van der Waals surface area contributed by atoms with E-state index in [1.807, 2.05) is 12.1 Å². The van der Waals surface area contributed by atoms with Crippen LogP contribution in [0.5, 0.6) is 0 Å². The minimum Gasteiger partial charge on any atom is -0.478 e. The maximum absolute atomic E-state index is 12.0. The van der Waals surface area contributed by atoms with Gasteiger partial charge in [0.15, 0.2) is 0 Å². The summed E-state index contributed by atoms with van der Waals surface area (Å²) in [6.07, 6.45) is 10.3. The molecule has 1 aromatic heterocycles. The third-order valence-electron chi connectivity index (χ3n) is 10.1. The molecule has 5 heteroatoms. The van der Waals surface area contributed by atoms with Gasteiger partial charge in [-0.05, 0) is 79.3 Å². The number of fused-ring (bicyclic) bond motifs is 5. The molecule has 1 unspecified atom stereocenters. The lowest BCUT2D eigenvalue weighted by Crippen LogP contribution is -2.41. The highest BCUT2D eigenvalue weighted by Crippen LogP contribution is 2.48. The maximum atomic E-state index is 12.0. The molecule has 3 aromatic rings. The van der Waals surface area contributed by atoms with Gasteiger partial charge in [-0.15, -0.1) is 0 Å². The van der Waals surface area contributed by atoms with Crippen molar-refractivity contribution in [2.24, 2.45) is 5.92 Å². The van der Waals surface area contributed by atoms with Crippen LogP contribution in [0.3, 0.4) is 0 Å². The fourth-order valence-electron chi connectivity index (χ4n) is 7.73. The number of piperidine rings is 1. The van der Waals surface area contributed by atoms with Crippen LogP contribution in [0.4, 0.5) is 5.69 Å². The highest BCUT2D eigenvalue weighted by molar-refractivity contribution is 5.99. The molecule has 0 radical (unpaired) electrons. The van der Waals surface area contributed by atoms with Crippen LogP contribution in [0, 0.1) is 5.92 Å². The van der Waals surface area contributed by atoms with E-state index in [0.717, 1.165) is 37.6 Å². The van der Waals surface area contributed by atoms with E-state index >= 15 is 0 Å². The summed E-state index contributed by atoms with van der Waals surface area (Å²) in [4.78, 5) is 17.3. The zero-order valence-corrected chi connectivity index (χ0v) is 24.8. The molecule has 1 aliphatic carbocycles. The van der Waals surface area contributed by atoms with Crippen LogP contribution in [0.2, 0.25) is 0 Å². The van der Waals surface area contributed by atoms with Gasteiger partial charge in [0.25, 0.3) is 0 Å². The first kappa shape index (κ1) is 27.4. The van der Waals surface area contributed by atoms with Crippen LogP contribution in [0.25, 0.3) is 22.2 Å². The number of carboxylic acid groups (broad SMARTS) is 1. The Bertz CT molecular complexity index is 1370. The van der Waals surface area contributed by atoms with E-state index in [1.54, 1.807) is 0 Å². The van der Waals surface area contributed by atoms with Crippen LogP contribution in [0.1, 0.15) is 105 Å². The minimum absolute atomic E-state index is 0.384. The van der Waals surface area contributed by atoms with Crippen molar-refractivity contribution in [2.45, 2.75) is 90.5 Å². The topological polar surface area (TPSA) is 48.7 Å². The van der Waals surface area contributed by atoms with E-state index < -0.39 is 5.97 Å². The van der Waals surface area contributed by atoms with Gasteiger partial charge in [-0.3, -0.25) is 0 Å². The molecular formula is C35H47N3O2. The highest BCUT2D eigenvalue weighted by atomic mass is 16.4. The van der Waals surface area contributed by atoms with Gasteiger partial charge in [-0.1, -0.05) is 64.7 Å². The molecule has 1 saturated heterocycles. The molecule has 0 amide bonds. The smallest absolute Gasteiger partial charge is 0.335 e. The standard InChI is InChI=1S/C35H47N3O2/c1-4-25-9-8-16-36(23-25)17-18-37-19-20-38-32-22-28(35(39)40)13-14-29(32)33(26-10-6-5-7-11-26)34(38)30-15-12-27(24(2)3)21-31(30)37/h12-15,21-22,24-26H,4-11,16-20,23H2,1-3H3,(H,39,40). The van der Waals surface area contributed by atoms with E-state index in [2.05, 4.69) is 59.4 Å². The maximum Gasteiger partial charge on any atom is 0.335 e. The molecule has 5 nitrogen and oxygen atoms in total. The predicted octanol–water partition coefficient (Wildman–Crippen LogP) is 8.12. The Morgan fingerprint density at radius 2 is 1.77 bits per heavy atom. The van der Waals surface area contributed by atoms with Crippen molar-refractivity contribution in [1.29, 1.82) is 0 Å². The van der Waals surface area contributed by atoms with E-state index in [4.69, 9.17) is 0 Å². The molecule has 214 valence electrons. The van der Waals surface area contributed by atoms with Gasteiger partial charge in [0.05, 0.1) is 11.3 Å². The first-order chi connectivity index (χ1) is 19.4. The van der Waals surface area contributed by atoms with Crippen molar-refractivity contribution in [3.05, 3.63) is 53.1 Å². The van der Waals surface area contributed by atoms with Crippen molar-refractivity contribution < 1.29 is 9.90 Å². The zero-order valence-electron chi connectivity index (χ0n) is 24.8. The molecule has 0 bridgehead atoms. The Morgan fingerprint density at radius 3 is 2.52 bits per heavy atom. The third-order valence-corrected chi connectivity index (χ3v) is 10.1. The second-order valence-electron chi connectivity index (χ2n) is 12.9. The van der Waals surface area contributed by atoms with Gasteiger partial charge in [0.2, 0.25) is 0 Å². The highest BCUT2D eigenvalue weighted by Gasteiger charge is 2.31. The number of anilines is 1. The summed E-state index contributed by atoms with van der Waals surface area (Å²) in [6.45, 7) is 13.3. The van der Waals surface area contributed by atoms with Crippen molar-refractivity contribution in [1.82, 2.24) is 9.47 Å². The molecule has 40 heavy (non-hydrogen) atoms. The number of hydrogen-bond acceptors (Lipinski definition) is 3. The van der Waals surface area contributed by atoms with Gasteiger partial charge in [0.1, 0.15) is 0 Å². The summed E-state index contributed by atoms with van der Waals surface area (Å²) in [5.41, 5.74) is 8.39. The average Bonchev–Trinajstić information content (AvgIpc) is 3.21. The third kappa shape index (κ3) is 5.18. The van der Waals surface area contributed by atoms with Gasteiger partial charge < -0.3 is 19.5 Å². The van der Waals surface area contributed by atoms with Gasteiger partial charge in [-0.2, -0.15) is 0 Å². The van der Waals surface area contributed by atoms with Crippen molar-refractivity contribution in [3.8, 4) is 11.3 Å². The first-order valence-electron chi connectivity index (χ1n) is 16.0. The Hall–Kier alpha value is -2.79. The number of nitrogens with zero attached hydrogens (tertiary/aromatic N) is 3. The van der Waals surface area contributed by atoms with Crippen LogP contribution in [0.15, 0.2) is 36.4 Å². The monoisotopic (exact) mass is 541 g/mol. The number of hydrogen-bond donors (Lipinski definition) is 1. The van der Waals surface area contributed by atoms with Crippen LogP contribution in [-0.4, -0.2) is 53.3 Å². The predicted molar refractivity (Wildman–Crippen MR) is 166 cm³/mol. The molecule has 2 aliphatic heterocycles. The largest absolute Gasteiger partial charge is 0.478 e. The summed E-state index contributed by atoms with van der Waals surface area (Å²) < 4.78 is 2.48. The second kappa shape index (κ2) is 11.6. The lowest BCUT2D eigenvalue weighted by Gasteiger charge is -2.34. The molecule has 2 fully saturated rings. The van der Waals surface area contributed by atoms with E-state index in [1.165, 1.54) is 97.9 Å². The molecule has 2 aromatic carbocycles. The normalized spacial score (nSPS) is 20.5. The minimum atomic E-state index is -0.846. The van der Waals surface area contributed by atoms with Crippen LogP contribution < -0.4 is 4.90 Å². The Kier molecular flexibility index (Phi) is 7.94. The summed E-state index contributed by atoms with van der Waals surface area (Å²) in [7, 11) is 0. The van der Waals surface area contributed by atoms with Crippen LogP contribution in [-0.2, 0) is 6.54 Å². The Morgan fingerprint density at radius 1 is 0.950 bits per heavy atom. The summed E-state index contributed by atoms with van der Waals surface area (Å²) in [5, 5.41) is 11.1. The van der Waals surface area contributed by atoms with Crippen molar-refractivity contribution in [2.75, 3.05) is 37.6 Å². The zero-order chi connectivity index (χ0) is 27.8. The molecule has 6 rings (SSSR count). The average molecular weight is 542 g/mol. The van der Waals surface area contributed by atoms with E-state index in [9.17, 15) is 9.90 Å². The lowest BCUT2D eigenvalue weighted by molar-refractivity contribution is 0.0697. The number of benzene rings is 2. The lowest BCUT2D eigenvalue weighted by atomic mass is 9.81. The fourth-order valence-corrected chi connectivity index (χ4v) is 7.73. The number of aromatic nitrogens is 1. The quantitative estimate of drug-likeness (QED) is 0.328. The fraction of sp³-hybridized carbons (Fsp3) is 0.571. The van der Waals surface area contributed by atoms with Crippen LogP contribution >= 0.6 is 0 Å². The summed E-state index contributed by atoms with van der Waals surface area (Å²) in [5.74, 6) is 1.00. The van der Waals surface area contributed by atoms with Crippen molar-refractivity contribution in [3.63, 3.8) is 0 Å². The SMILES string of the molecule is CCC1CCCN(CCN2CCn3c(c(C4CCCCC4)c4ccc(C(=O)O)cc43)-c3ccc(C(C)C)cc32)C1. The van der Waals surface area contributed by atoms with Gasteiger partial charge >= 0.3 is 5.97 Å². The molecule has 0 spiro atoms.